The minimum absolute atomic E-state index is 0.0797. The molecule has 1 heterocycles. The molecule has 0 radical (unpaired) electrons. The average molecular weight is 377 g/mol. The van der Waals surface area contributed by atoms with Gasteiger partial charge >= 0.3 is 5.97 Å². The van der Waals surface area contributed by atoms with Crippen molar-refractivity contribution < 1.29 is 9.90 Å². The number of carbonyl (C=O) groups is 1. The van der Waals surface area contributed by atoms with Gasteiger partial charge in [-0.05, 0) is 41.5 Å². The number of nitriles is 1. The average Bonchev–Trinajstić information content (AvgIpc) is 3.10. The Balaban J connectivity index is 1.89. The number of carboxylic acid groups (broad SMARTS) is 1. The number of thiazole rings is 1. The lowest BCUT2D eigenvalue weighted by Gasteiger charge is -2.17. The molecule has 0 amide bonds. The van der Waals surface area contributed by atoms with Gasteiger partial charge in [-0.1, -0.05) is 24.3 Å². The third-order valence-corrected chi connectivity index (χ3v) is 5.26. The van der Waals surface area contributed by atoms with Crippen molar-refractivity contribution in [1.82, 2.24) is 4.98 Å². The van der Waals surface area contributed by atoms with Gasteiger partial charge in [0.2, 0.25) is 0 Å². The quantitative estimate of drug-likeness (QED) is 0.648. The summed E-state index contributed by atoms with van der Waals surface area (Å²) in [6.45, 7) is 0.668. The van der Waals surface area contributed by atoms with Crippen LogP contribution in [0.2, 0.25) is 0 Å². The number of aliphatic carboxylic acids is 1. The number of hydrogen-bond donors (Lipinski definition) is 1. The fourth-order valence-electron chi connectivity index (χ4n) is 2.73. The van der Waals surface area contributed by atoms with Gasteiger partial charge in [0.05, 0.1) is 29.1 Å². The SMILES string of the molecule is CN(CCC#N)c1ccc(C=C(CC(=O)O)c2nc3ccccc3s2)cc1. The number of fused-ring (bicyclic) bond motifs is 1. The number of benzene rings is 2. The van der Waals surface area contributed by atoms with Crippen molar-refractivity contribution >= 4 is 44.9 Å². The van der Waals surface area contributed by atoms with Gasteiger partial charge < -0.3 is 10.0 Å². The Labute approximate surface area is 161 Å². The maximum absolute atomic E-state index is 11.3. The van der Waals surface area contributed by atoms with Crippen LogP contribution in [0, 0.1) is 11.3 Å². The molecular formula is C21H19N3O2S. The van der Waals surface area contributed by atoms with E-state index in [-0.39, 0.29) is 6.42 Å². The summed E-state index contributed by atoms with van der Waals surface area (Å²) in [5.74, 6) is -0.881. The van der Waals surface area contributed by atoms with E-state index in [9.17, 15) is 9.90 Å². The molecule has 0 aliphatic rings. The van der Waals surface area contributed by atoms with Gasteiger partial charge in [0.1, 0.15) is 5.01 Å². The van der Waals surface area contributed by atoms with Crippen LogP contribution in [0.25, 0.3) is 21.9 Å². The summed E-state index contributed by atoms with van der Waals surface area (Å²) in [6, 6.07) is 17.8. The van der Waals surface area contributed by atoms with E-state index in [1.807, 2.05) is 66.6 Å². The van der Waals surface area contributed by atoms with E-state index < -0.39 is 5.97 Å². The predicted octanol–water partition coefficient (Wildman–Crippen LogP) is 4.66. The monoisotopic (exact) mass is 377 g/mol. The fourth-order valence-corrected chi connectivity index (χ4v) is 3.71. The van der Waals surface area contributed by atoms with Crippen molar-refractivity contribution in [3.05, 3.63) is 59.1 Å². The van der Waals surface area contributed by atoms with E-state index >= 15 is 0 Å². The van der Waals surface area contributed by atoms with Crippen LogP contribution in [0.5, 0.6) is 0 Å². The molecule has 0 fully saturated rings. The van der Waals surface area contributed by atoms with Crippen molar-refractivity contribution in [2.45, 2.75) is 12.8 Å². The second-order valence-corrected chi connectivity index (χ2v) is 7.18. The van der Waals surface area contributed by atoms with Crippen LogP contribution >= 0.6 is 11.3 Å². The van der Waals surface area contributed by atoms with Gasteiger partial charge in [-0.25, -0.2) is 4.98 Å². The van der Waals surface area contributed by atoms with E-state index in [1.54, 1.807) is 0 Å². The molecule has 0 aliphatic heterocycles. The molecule has 0 bridgehead atoms. The van der Waals surface area contributed by atoms with E-state index in [0.29, 0.717) is 18.5 Å². The standard InChI is InChI=1S/C21H19N3O2S/c1-24(12-4-11-22)17-9-7-15(8-10-17)13-16(14-20(25)26)21-23-18-5-2-3-6-19(18)27-21/h2-3,5-10,13H,4,12,14H2,1H3,(H,25,26). The molecule has 0 unspecified atom stereocenters. The third kappa shape index (κ3) is 4.72. The number of nitrogens with zero attached hydrogens (tertiary/aromatic N) is 3. The molecule has 1 aromatic heterocycles. The number of hydrogen-bond acceptors (Lipinski definition) is 5. The first kappa shape index (κ1) is 18.6. The van der Waals surface area contributed by atoms with Gasteiger partial charge in [0.25, 0.3) is 0 Å². The number of para-hydroxylation sites is 1. The molecule has 27 heavy (non-hydrogen) atoms. The molecule has 3 rings (SSSR count). The lowest BCUT2D eigenvalue weighted by Crippen LogP contribution is -2.17. The summed E-state index contributed by atoms with van der Waals surface area (Å²) in [5, 5.41) is 18.7. The highest BCUT2D eigenvalue weighted by Crippen LogP contribution is 2.30. The molecule has 2 aromatic carbocycles. The van der Waals surface area contributed by atoms with E-state index in [0.717, 1.165) is 26.5 Å². The molecule has 0 aliphatic carbocycles. The minimum Gasteiger partial charge on any atom is -0.481 e. The van der Waals surface area contributed by atoms with E-state index in [4.69, 9.17) is 5.26 Å². The topological polar surface area (TPSA) is 77.2 Å². The molecular weight excluding hydrogens is 358 g/mol. The Morgan fingerprint density at radius 3 is 2.67 bits per heavy atom. The normalized spacial score (nSPS) is 11.3. The van der Waals surface area contributed by atoms with Gasteiger partial charge in [0, 0.05) is 19.3 Å². The number of rotatable bonds is 7. The van der Waals surface area contributed by atoms with Gasteiger partial charge in [-0.3, -0.25) is 4.79 Å². The molecule has 0 saturated heterocycles. The zero-order valence-corrected chi connectivity index (χ0v) is 15.7. The third-order valence-electron chi connectivity index (χ3n) is 4.14. The van der Waals surface area contributed by atoms with Crippen molar-refractivity contribution in [3.63, 3.8) is 0 Å². The largest absolute Gasteiger partial charge is 0.481 e. The van der Waals surface area contributed by atoms with Gasteiger partial charge in [-0.2, -0.15) is 5.26 Å². The van der Waals surface area contributed by atoms with Crippen LogP contribution in [0.3, 0.4) is 0 Å². The Bertz CT molecular complexity index is 983. The van der Waals surface area contributed by atoms with Crippen LogP contribution in [-0.2, 0) is 4.79 Å². The first-order valence-electron chi connectivity index (χ1n) is 8.53. The second-order valence-electron chi connectivity index (χ2n) is 6.15. The summed E-state index contributed by atoms with van der Waals surface area (Å²) in [4.78, 5) is 17.9. The van der Waals surface area contributed by atoms with Gasteiger partial charge in [0.15, 0.2) is 0 Å². The zero-order chi connectivity index (χ0) is 19.2. The van der Waals surface area contributed by atoms with Crippen LogP contribution < -0.4 is 4.90 Å². The lowest BCUT2D eigenvalue weighted by molar-refractivity contribution is -0.135. The molecule has 136 valence electrons. The van der Waals surface area contributed by atoms with Crippen molar-refractivity contribution in [1.29, 1.82) is 5.26 Å². The fraction of sp³-hybridized carbons (Fsp3) is 0.190. The maximum atomic E-state index is 11.3. The lowest BCUT2D eigenvalue weighted by atomic mass is 10.1. The molecule has 0 saturated carbocycles. The highest BCUT2D eigenvalue weighted by Gasteiger charge is 2.12. The molecule has 0 spiro atoms. The van der Waals surface area contributed by atoms with Crippen molar-refractivity contribution in [2.75, 3.05) is 18.5 Å². The maximum Gasteiger partial charge on any atom is 0.307 e. The Kier molecular flexibility index (Phi) is 5.84. The summed E-state index contributed by atoms with van der Waals surface area (Å²) >= 11 is 1.50. The first-order valence-corrected chi connectivity index (χ1v) is 9.35. The first-order chi connectivity index (χ1) is 13.1. The van der Waals surface area contributed by atoms with Crippen molar-refractivity contribution in [3.8, 4) is 6.07 Å². The number of anilines is 1. The molecule has 5 nitrogen and oxygen atoms in total. The Hall–Kier alpha value is -3.17. The smallest absolute Gasteiger partial charge is 0.307 e. The molecule has 1 N–H and O–H groups in total. The Morgan fingerprint density at radius 2 is 2.00 bits per heavy atom. The summed E-state index contributed by atoms with van der Waals surface area (Å²) in [7, 11) is 1.94. The Morgan fingerprint density at radius 1 is 1.26 bits per heavy atom. The van der Waals surface area contributed by atoms with E-state index in [2.05, 4.69) is 11.1 Å². The number of aromatic nitrogens is 1. The highest BCUT2D eigenvalue weighted by atomic mass is 32.1. The number of carboxylic acids is 1. The molecule has 6 heteroatoms. The van der Waals surface area contributed by atoms with Crippen molar-refractivity contribution in [2.24, 2.45) is 0 Å². The minimum atomic E-state index is -0.881. The molecule has 3 aromatic rings. The van der Waals surface area contributed by atoms with Crippen LogP contribution in [0.15, 0.2) is 48.5 Å². The highest BCUT2D eigenvalue weighted by molar-refractivity contribution is 7.19. The molecule has 0 atom stereocenters. The zero-order valence-electron chi connectivity index (χ0n) is 14.9. The second kappa shape index (κ2) is 8.47. The summed E-state index contributed by atoms with van der Waals surface area (Å²) in [5.41, 5.74) is 3.50. The van der Waals surface area contributed by atoms with E-state index in [1.165, 1.54) is 11.3 Å². The predicted molar refractivity (Wildman–Crippen MR) is 110 cm³/mol. The van der Waals surface area contributed by atoms with Crippen LogP contribution in [0.4, 0.5) is 5.69 Å². The van der Waals surface area contributed by atoms with Gasteiger partial charge in [-0.15, -0.1) is 11.3 Å². The van der Waals surface area contributed by atoms with Crippen LogP contribution in [-0.4, -0.2) is 29.7 Å². The van der Waals surface area contributed by atoms with Crippen LogP contribution in [0.1, 0.15) is 23.4 Å². The summed E-state index contributed by atoms with van der Waals surface area (Å²) in [6.07, 6.45) is 2.27. The summed E-state index contributed by atoms with van der Waals surface area (Å²) < 4.78 is 1.04.